The molecule has 1 aliphatic carbocycles. The summed E-state index contributed by atoms with van der Waals surface area (Å²) in [6.07, 6.45) is 3.47. The summed E-state index contributed by atoms with van der Waals surface area (Å²) in [7, 11) is -3.63. The Balaban J connectivity index is 2.68. The van der Waals surface area contributed by atoms with Crippen LogP contribution in [0.2, 0.25) is 0 Å². The molecule has 6 heteroatoms. The van der Waals surface area contributed by atoms with Gasteiger partial charge in [0.2, 0.25) is 10.0 Å². The van der Waals surface area contributed by atoms with E-state index in [2.05, 4.69) is 4.72 Å². The van der Waals surface area contributed by atoms with Crippen molar-refractivity contribution in [3.63, 3.8) is 0 Å². The monoisotopic (exact) mass is 246 g/mol. The van der Waals surface area contributed by atoms with E-state index in [1.165, 1.54) is 6.92 Å². The number of nitriles is 1. The van der Waals surface area contributed by atoms with E-state index in [-0.39, 0.29) is 0 Å². The fourth-order valence-corrected chi connectivity index (χ4v) is 2.85. The molecule has 3 atom stereocenters. The number of sulfonamides is 1. The lowest BCUT2D eigenvalue weighted by atomic mass is 10.1. The number of rotatable bonds is 3. The maximum Gasteiger partial charge on any atom is 0.228 e. The topological polar surface area (TPSA) is 90.2 Å². The molecule has 0 aliphatic heterocycles. The standard InChI is InChI=1S/C10H18N2O3S/c1-8(7-11)16(14,15)12-9-5-3-2-4-6-10(9)13/h8-10,12-13H,2-6H2,1H3. The molecule has 0 heterocycles. The number of aliphatic hydroxyl groups is 1. The third-order valence-electron chi connectivity index (χ3n) is 2.94. The molecule has 3 unspecified atom stereocenters. The second-order valence-electron chi connectivity index (χ2n) is 4.25. The van der Waals surface area contributed by atoms with Gasteiger partial charge in [-0.25, -0.2) is 13.1 Å². The molecule has 1 fully saturated rings. The second kappa shape index (κ2) is 5.62. The summed E-state index contributed by atoms with van der Waals surface area (Å²) in [5.74, 6) is 0. The molecule has 92 valence electrons. The van der Waals surface area contributed by atoms with Crippen LogP contribution in [0.3, 0.4) is 0 Å². The largest absolute Gasteiger partial charge is 0.391 e. The molecule has 1 aliphatic rings. The summed E-state index contributed by atoms with van der Waals surface area (Å²) in [5, 5.41) is 17.3. The zero-order chi connectivity index (χ0) is 12.2. The minimum absolute atomic E-state index is 0.441. The van der Waals surface area contributed by atoms with Gasteiger partial charge in [0.15, 0.2) is 5.25 Å². The predicted molar refractivity (Wildman–Crippen MR) is 60.0 cm³/mol. The third-order valence-corrected chi connectivity index (χ3v) is 4.61. The highest BCUT2D eigenvalue weighted by Crippen LogP contribution is 2.19. The SMILES string of the molecule is CC(C#N)S(=O)(=O)NC1CCCCCC1O. The van der Waals surface area contributed by atoms with Crippen molar-refractivity contribution in [3.05, 3.63) is 0 Å². The highest BCUT2D eigenvalue weighted by molar-refractivity contribution is 7.90. The summed E-state index contributed by atoms with van der Waals surface area (Å²) in [5.41, 5.74) is 0. The smallest absolute Gasteiger partial charge is 0.228 e. The van der Waals surface area contributed by atoms with E-state index in [9.17, 15) is 13.5 Å². The first kappa shape index (κ1) is 13.4. The molecule has 0 radical (unpaired) electrons. The quantitative estimate of drug-likeness (QED) is 0.710. The van der Waals surface area contributed by atoms with Gasteiger partial charge in [0.25, 0.3) is 0 Å². The van der Waals surface area contributed by atoms with Gasteiger partial charge in [-0.1, -0.05) is 19.3 Å². The molecular weight excluding hydrogens is 228 g/mol. The number of aliphatic hydroxyl groups excluding tert-OH is 1. The van der Waals surface area contributed by atoms with Crippen molar-refractivity contribution in [1.82, 2.24) is 4.72 Å². The van der Waals surface area contributed by atoms with E-state index >= 15 is 0 Å². The lowest BCUT2D eigenvalue weighted by Crippen LogP contribution is -2.45. The summed E-state index contributed by atoms with van der Waals surface area (Å²) >= 11 is 0. The van der Waals surface area contributed by atoms with Crippen molar-refractivity contribution in [1.29, 1.82) is 5.26 Å². The zero-order valence-electron chi connectivity index (χ0n) is 9.39. The lowest BCUT2D eigenvalue weighted by molar-refractivity contribution is 0.130. The average Bonchev–Trinajstić information content (AvgIpc) is 2.43. The number of hydrogen-bond donors (Lipinski definition) is 2. The first-order valence-corrected chi connectivity index (χ1v) is 7.11. The highest BCUT2D eigenvalue weighted by atomic mass is 32.2. The maximum absolute atomic E-state index is 11.6. The Kier molecular flexibility index (Phi) is 4.71. The van der Waals surface area contributed by atoms with Gasteiger partial charge in [0.05, 0.1) is 12.2 Å². The predicted octanol–water partition coefficient (Wildman–Crippen LogP) is 0.511. The molecular formula is C10H18N2O3S. The molecule has 16 heavy (non-hydrogen) atoms. The fourth-order valence-electron chi connectivity index (χ4n) is 1.81. The van der Waals surface area contributed by atoms with Gasteiger partial charge in [-0.3, -0.25) is 0 Å². The van der Waals surface area contributed by atoms with Crippen LogP contribution in [0, 0.1) is 11.3 Å². The van der Waals surface area contributed by atoms with Gasteiger partial charge >= 0.3 is 0 Å². The average molecular weight is 246 g/mol. The maximum atomic E-state index is 11.6. The van der Waals surface area contributed by atoms with Crippen LogP contribution in [-0.4, -0.2) is 30.9 Å². The van der Waals surface area contributed by atoms with Gasteiger partial charge in [-0.05, 0) is 19.8 Å². The number of nitrogens with zero attached hydrogens (tertiary/aromatic N) is 1. The van der Waals surface area contributed by atoms with Crippen molar-refractivity contribution in [2.24, 2.45) is 0 Å². The Bertz CT molecular complexity index is 361. The van der Waals surface area contributed by atoms with E-state index in [0.717, 1.165) is 19.3 Å². The van der Waals surface area contributed by atoms with E-state index in [1.54, 1.807) is 6.07 Å². The van der Waals surface area contributed by atoms with E-state index in [1.807, 2.05) is 0 Å². The summed E-state index contributed by atoms with van der Waals surface area (Å²) < 4.78 is 25.7. The van der Waals surface area contributed by atoms with E-state index < -0.39 is 27.4 Å². The van der Waals surface area contributed by atoms with Crippen LogP contribution in [-0.2, 0) is 10.0 Å². The van der Waals surface area contributed by atoms with Crippen LogP contribution in [0.1, 0.15) is 39.0 Å². The second-order valence-corrected chi connectivity index (χ2v) is 6.28. The van der Waals surface area contributed by atoms with Crippen LogP contribution < -0.4 is 4.72 Å². The molecule has 1 rings (SSSR count). The van der Waals surface area contributed by atoms with Gasteiger partial charge < -0.3 is 5.11 Å². The highest BCUT2D eigenvalue weighted by Gasteiger charge is 2.29. The van der Waals surface area contributed by atoms with Gasteiger partial charge in [-0.2, -0.15) is 5.26 Å². The summed E-state index contributed by atoms with van der Waals surface area (Å²) in [4.78, 5) is 0. The molecule has 0 aromatic heterocycles. The fraction of sp³-hybridized carbons (Fsp3) is 0.900. The molecule has 0 saturated heterocycles. The van der Waals surface area contributed by atoms with Crippen LogP contribution in [0.25, 0.3) is 0 Å². The zero-order valence-corrected chi connectivity index (χ0v) is 10.2. The number of hydrogen-bond acceptors (Lipinski definition) is 4. The first-order chi connectivity index (χ1) is 7.47. The van der Waals surface area contributed by atoms with Gasteiger partial charge in [-0.15, -0.1) is 0 Å². The molecule has 5 nitrogen and oxygen atoms in total. The molecule has 1 saturated carbocycles. The van der Waals surface area contributed by atoms with Crippen molar-refractivity contribution >= 4 is 10.0 Å². The van der Waals surface area contributed by atoms with E-state index in [4.69, 9.17) is 5.26 Å². The Morgan fingerprint density at radius 1 is 1.38 bits per heavy atom. The Morgan fingerprint density at radius 2 is 2.00 bits per heavy atom. The Morgan fingerprint density at radius 3 is 2.62 bits per heavy atom. The summed E-state index contributed by atoms with van der Waals surface area (Å²) in [6.45, 7) is 1.34. The normalized spacial score (nSPS) is 29.1. The van der Waals surface area contributed by atoms with Gasteiger partial charge in [0, 0.05) is 6.04 Å². The van der Waals surface area contributed by atoms with Crippen LogP contribution in [0.5, 0.6) is 0 Å². The number of nitrogens with one attached hydrogen (secondary N) is 1. The van der Waals surface area contributed by atoms with Crippen molar-refractivity contribution in [2.45, 2.75) is 56.4 Å². The third kappa shape index (κ3) is 3.44. The van der Waals surface area contributed by atoms with Crippen molar-refractivity contribution < 1.29 is 13.5 Å². The van der Waals surface area contributed by atoms with Crippen LogP contribution in [0.15, 0.2) is 0 Å². The Labute approximate surface area is 96.5 Å². The molecule has 0 spiro atoms. The van der Waals surface area contributed by atoms with Crippen molar-refractivity contribution in [3.8, 4) is 6.07 Å². The Hall–Kier alpha value is -0.640. The molecule has 0 bridgehead atoms. The molecule has 0 aromatic rings. The minimum atomic E-state index is -3.63. The van der Waals surface area contributed by atoms with E-state index in [0.29, 0.717) is 12.8 Å². The minimum Gasteiger partial charge on any atom is -0.391 e. The molecule has 0 aromatic carbocycles. The van der Waals surface area contributed by atoms with Crippen molar-refractivity contribution in [2.75, 3.05) is 0 Å². The van der Waals surface area contributed by atoms with Gasteiger partial charge in [0.1, 0.15) is 0 Å². The molecule has 0 amide bonds. The van der Waals surface area contributed by atoms with Crippen LogP contribution in [0.4, 0.5) is 0 Å². The lowest BCUT2D eigenvalue weighted by Gasteiger charge is -2.22. The molecule has 2 N–H and O–H groups in total. The summed E-state index contributed by atoms with van der Waals surface area (Å²) in [6, 6.07) is 1.25. The first-order valence-electron chi connectivity index (χ1n) is 5.56. The van der Waals surface area contributed by atoms with Crippen LogP contribution >= 0.6 is 0 Å².